The third kappa shape index (κ3) is 3.10. The van der Waals surface area contributed by atoms with Crippen LogP contribution in [0, 0.1) is 0 Å². The second-order valence-corrected chi connectivity index (χ2v) is 6.00. The number of aryl methyl sites for hydroxylation is 1. The lowest BCUT2D eigenvalue weighted by Gasteiger charge is -2.11. The van der Waals surface area contributed by atoms with Crippen molar-refractivity contribution in [3.63, 3.8) is 0 Å². The van der Waals surface area contributed by atoms with Gasteiger partial charge in [-0.2, -0.15) is 0 Å². The third-order valence-electron chi connectivity index (χ3n) is 4.29. The van der Waals surface area contributed by atoms with Gasteiger partial charge >= 0.3 is 0 Å². The van der Waals surface area contributed by atoms with Crippen LogP contribution in [0.15, 0.2) is 53.3 Å². The maximum atomic E-state index is 12.3. The number of ether oxygens (including phenoxy) is 1. The van der Waals surface area contributed by atoms with Gasteiger partial charge in [-0.3, -0.25) is 9.59 Å². The molecule has 2 heterocycles. The summed E-state index contributed by atoms with van der Waals surface area (Å²) in [4.78, 5) is 31.5. The zero-order valence-corrected chi connectivity index (χ0v) is 13.5. The molecule has 0 fully saturated rings. The zero-order valence-electron chi connectivity index (χ0n) is 13.5. The van der Waals surface area contributed by atoms with Gasteiger partial charge < -0.3 is 15.0 Å². The van der Waals surface area contributed by atoms with E-state index in [2.05, 4.69) is 15.3 Å². The van der Waals surface area contributed by atoms with Crippen molar-refractivity contribution in [3.05, 3.63) is 70.1 Å². The van der Waals surface area contributed by atoms with Crippen molar-refractivity contribution in [2.75, 3.05) is 6.61 Å². The van der Waals surface area contributed by atoms with E-state index in [4.69, 9.17) is 4.74 Å². The summed E-state index contributed by atoms with van der Waals surface area (Å²) in [6, 6.07) is 14.9. The molecule has 4 rings (SSSR count). The Bertz CT molecular complexity index is 996. The Labute approximate surface area is 143 Å². The number of fused-ring (bicyclic) bond motifs is 2. The molecule has 3 aromatic rings. The van der Waals surface area contributed by atoms with E-state index in [0.29, 0.717) is 24.2 Å². The molecule has 0 spiro atoms. The van der Waals surface area contributed by atoms with Crippen molar-refractivity contribution in [1.29, 1.82) is 0 Å². The van der Waals surface area contributed by atoms with Crippen molar-refractivity contribution in [2.45, 2.75) is 18.9 Å². The molecule has 1 aliphatic rings. The Hall–Kier alpha value is -3.15. The average molecular weight is 335 g/mol. The van der Waals surface area contributed by atoms with Crippen LogP contribution in [-0.4, -0.2) is 22.5 Å². The van der Waals surface area contributed by atoms with Gasteiger partial charge in [0.2, 0.25) is 5.91 Å². The molecule has 2 aromatic carbocycles. The molecule has 0 bridgehead atoms. The Morgan fingerprint density at radius 2 is 2.00 bits per heavy atom. The summed E-state index contributed by atoms with van der Waals surface area (Å²) < 4.78 is 5.56. The summed E-state index contributed by atoms with van der Waals surface area (Å²) in [6.07, 6.45) is 0.494. The van der Waals surface area contributed by atoms with Crippen molar-refractivity contribution in [1.82, 2.24) is 15.3 Å². The molecule has 6 heteroatoms. The molecule has 1 unspecified atom stereocenters. The molecule has 1 atom stereocenters. The number of benzene rings is 2. The Morgan fingerprint density at radius 3 is 2.92 bits per heavy atom. The first-order valence-corrected chi connectivity index (χ1v) is 8.20. The highest BCUT2D eigenvalue weighted by Crippen LogP contribution is 2.31. The van der Waals surface area contributed by atoms with E-state index in [-0.39, 0.29) is 23.9 Å². The van der Waals surface area contributed by atoms with Gasteiger partial charge in [0.1, 0.15) is 18.1 Å². The number of hydrogen-bond donors (Lipinski definition) is 2. The highest BCUT2D eigenvalue weighted by Gasteiger charge is 2.24. The predicted octanol–water partition coefficient (Wildman–Crippen LogP) is 2.11. The number of aromatic amines is 1. The SMILES string of the molecule is O=C(CCc1nc2ccccc2[nH]c1=O)NC1COc2ccccc21. The third-order valence-corrected chi connectivity index (χ3v) is 4.29. The van der Waals surface area contributed by atoms with Crippen molar-refractivity contribution < 1.29 is 9.53 Å². The fraction of sp³-hybridized carbons (Fsp3) is 0.211. The molecule has 126 valence electrons. The van der Waals surface area contributed by atoms with E-state index in [1.165, 1.54) is 0 Å². The Kier molecular flexibility index (Phi) is 3.93. The smallest absolute Gasteiger partial charge is 0.270 e. The van der Waals surface area contributed by atoms with Crippen LogP contribution in [0.2, 0.25) is 0 Å². The number of aromatic nitrogens is 2. The second-order valence-electron chi connectivity index (χ2n) is 6.00. The van der Waals surface area contributed by atoms with Crippen LogP contribution in [0.25, 0.3) is 11.0 Å². The molecule has 25 heavy (non-hydrogen) atoms. The van der Waals surface area contributed by atoms with E-state index in [1.807, 2.05) is 42.5 Å². The van der Waals surface area contributed by atoms with Crippen LogP contribution in [0.3, 0.4) is 0 Å². The molecule has 0 saturated carbocycles. The summed E-state index contributed by atoms with van der Waals surface area (Å²) in [5.74, 6) is 0.681. The topological polar surface area (TPSA) is 84.1 Å². The van der Waals surface area contributed by atoms with Gasteiger partial charge in [0.25, 0.3) is 5.56 Å². The Morgan fingerprint density at radius 1 is 1.20 bits per heavy atom. The van der Waals surface area contributed by atoms with Gasteiger partial charge in [0.05, 0.1) is 17.1 Å². The van der Waals surface area contributed by atoms with E-state index in [9.17, 15) is 9.59 Å². The molecule has 0 saturated heterocycles. The minimum absolute atomic E-state index is 0.125. The number of para-hydroxylation sites is 3. The maximum absolute atomic E-state index is 12.3. The minimum Gasteiger partial charge on any atom is -0.491 e. The summed E-state index contributed by atoms with van der Waals surface area (Å²) in [5.41, 5.74) is 2.52. The molecule has 1 aromatic heterocycles. The van der Waals surface area contributed by atoms with Crippen molar-refractivity contribution >= 4 is 16.9 Å². The van der Waals surface area contributed by atoms with Crippen molar-refractivity contribution in [3.8, 4) is 5.75 Å². The first-order chi connectivity index (χ1) is 12.2. The number of carbonyl (C=O) groups is 1. The van der Waals surface area contributed by atoms with Crippen LogP contribution in [0.4, 0.5) is 0 Å². The predicted molar refractivity (Wildman–Crippen MR) is 93.5 cm³/mol. The molecule has 6 nitrogen and oxygen atoms in total. The van der Waals surface area contributed by atoms with Crippen LogP contribution in [-0.2, 0) is 11.2 Å². The molecule has 0 radical (unpaired) electrons. The summed E-state index contributed by atoms with van der Waals surface area (Å²) in [6.45, 7) is 0.430. The lowest BCUT2D eigenvalue weighted by Crippen LogP contribution is -2.30. The first kappa shape index (κ1) is 15.4. The van der Waals surface area contributed by atoms with Crippen LogP contribution in [0.5, 0.6) is 5.75 Å². The van der Waals surface area contributed by atoms with E-state index < -0.39 is 0 Å². The normalized spacial score (nSPS) is 15.6. The number of H-pyrrole nitrogens is 1. The second kappa shape index (κ2) is 6.39. The van der Waals surface area contributed by atoms with Gasteiger partial charge in [-0.05, 0) is 18.2 Å². The fourth-order valence-corrected chi connectivity index (χ4v) is 3.02. The molecular formula is C19H17N3O3. The highest BCUT2D eigenvalue weighted by atomic mass is 16.5. The quantitative estimate of drug-likeness (QED) is 0.765. The van der Waals surface area contributed by atoms with Crippen molar-refractivity contribution in [2.24, 2.45) is 0 Å². The van der Waals surface area contributed by atoms with E-state index >= 15 is 0 Å². The van der Waals surface area contributed by atoms with E-state index in [0.717, 1.165) is 16.8 Å². The van der Waals surface area contributed by atoms with Crippen LogP contribution < -0.4 is 15.6 Å². The average Bonchev–Trinajstić information content (AvgIpc) is 3.03. The van der Waals surface area contributed by atoms with Crippen LogP contribution >= 0.6 is 0 Å². The first-order valence-electron chi connectivity index (χ1n) is 8.20. The number of hydrogen-bond acceptors (Lipinski definition) is 4. The number of amides is 1. The summed E-state index contributed by atoms with van der Waals surface area (Å²) >= 11 is 0. The maximum Gasteiger partial charge on any atom is 0.270 e. The zero-order chi connectivity index (χ0) is 17.2. The molecule has 0 aliphatic carbocycles. The summed E-state index contributed by atoms with van der Waals surface area (Å²) in [7, 11) is 0. The highest BCUT2D eigenvalue weighted by molar-refractivity contribution is 5.77. The lowest BCUT2D eigenvalue weighted by atomic mass is 10.1. The number of nitrogens with one attached hydrogen (secondary N) is 2. The van der Waals surface area contributed by atoms with Gasteiger partial charge in [0, 0.05) is 18.4 Å². The largest absolute Gasteiger partial charge is 0.491 e. The molecular weight excluding hydrogens is 318 g/mol. The Balaban J connectivity index is 1.43. The van der Waals surface area contributed by atoms with E-state index in [1.54, 1.807) is 6.07 Å². The molecule has 2 N–H and O–H groups in total. The lowest BCUT2D eigenvalue weighted by molar-refractivity contribution is -0.121. The fourth-order valence-electron chi connectivity index (χ4n) is 3.02. The van der Waals surface area contributed by atoms with Gasteiger partial charge in [-0.25, -0.2) is 4.98 Å². The number of rotatable bonds is 4. The monoisotopic (exact) mass is 335 g/mol. The minimum atomic E-state index is -0.249. The van der Waals surface area contributed by atoms with Gasteiger partial charge in [-0.15, -0.1) is 0 Å². The summed E-state index contributed by atoms with van der Waals surface area (Å²) in [5, 5.41) is 2.96. The molecule has 1 aliphatic heterocycles. The van der Waals surface area contributed by atoms with Crippen LogP contribution in [0.1, 0.15) is 23.7 Å². The number of nitrogens with zero attached hydrogens (tertiary/aromatic N) is 1. The van der Waals surface area contributed by atoms with Gasteiger partial charge in [-0.1, -0.05) is 30.3 Å². The molecule has 1 amide bonds. The standard InChI is InChI=1S/C19H17N3O3/c23-18(21-16-11-25-17-8-4-1-5-12(16)17)10-9-15-19(24)22-14-7-3-2-6-13(14)20-15/h1-8,16H,9-11H2,(H,21,23)(H,22,24). The number of carbonyl (C=O) groups excluding carboxylic acids is 1. The van der Waals surface area contributed by atoms with Gasteiger partial charge in [0.15, 0.2) is 0 Å².